The Balaban J connectivity index is 2.32. The Morgan fingerprint density at radius 2 is 1.91 bits per heavy atom. The van der Waals surface area contributed by atoms with Crippen molar-refractivity contribution in [3.8, 4) is 0 Å². The third kappa shape index (κ3) is 3.65. The molecule has 2 rings (SSSR count). The Morgan fingerprint density at radius 3 is 2.45 bits per heavy atom. The van der Waals surface area contributed by atoms with E-state index in [1.165, 1.54) is 10.6 Å². The first-order chi connectivity index (χ1) is 10.5. The largest absolute Gasteiger partial charge is 0.382 e. The molecule has 6 heteroatoms. The third-order valence-electron chi connectivity index (χ3n) is 3.35. The number of rotatable bonds is 6. The standard InChI is InChI=1S/C16H21N3O3/c1-11(2)19-15(20)9-14(18-16(19)21)17-13(10-22-3)12-7-5-4-6-8-12/h4-9,11,13,17H,10H2,1-3H3,(H,18,21). The molecule has 0 aliphatic heterocycles. The van der Waals surface area contributed by atoms with Crippen molar-refractivity contribution in [2.45, 2.75) is 25.9 Å². The minimum Gasteiger partial charge on any atom is -0.382 e. The number of nitrogens with one attached hydrogen (secondary N) is 2. The predicted octanol–water partition coefficient (Wildman–Crippen LogP) is 1.92. The van der Waals surface area contributed by atoms with Gasteiger partial charge in [0.05, 0.1) is 12.6 Å². The first-order valence-electron chi connectivity index (χ1n) is 7.19. The fraction of sp³-hybridized carbons (Fsp3) is 0.375. The molecule has 2 N–H and O–H groups in total. The number of ether oxygens (including phenoxy) is 1. The summed E-state index contributed by atoms with van der Waals surface area (Å²) in [7, 11) is 1.61. The number of hydrogen-bond acceptors (Lipinski definition) is 4. The minimum absolute atomic E-state index is 0.156. The number of aromatic nitrogens is 2. The highest BCUT2D eigenvalue weighted by Gasteiger charge is 2.13. The lowest BCUT2D eigenvalue weighted by Gasteiger charge is -2.19. The number of aromatic amines is 1. The number of methoxy groups -OCH3 is 1. The van der Waals surface area contributed by atoms with Crippen molar-refractivity contribution in [1.82, 2.24) is 9.55 Å². The van der Waals surface area contributed by atoms with E-state index < -0.39 is 5.69 Å². The molecule has 0 radical (unpaired) electrons. The van der Waals surface area contributed by atoms with Gasteiger partial charge < -0.3 is 10.1 Å². The van der Waals surface area contributed by atoms with Crippen LogP contribution in [0.3, 0.4) is 0 Å². The minimum atomic E-state index is -0.422. The molecule has 1 aromatic carbocycles. The van der Waals surface area contributed by atoms with Gasteiger partial charge in [-0.05, 0) is 19.4 Å². The maximum absolute atomic E-state index is 12.0. The van der Waals surface area contributed by atoms with E-state index in [1.807, 2.05) is 30.3 Å². The summed E-state index contributed by atoms with van der Waals surface area (Å²) in [6.07, 6.45) is 0. The fourth-order valence-electron chi connectivity index (χ4n) is 2.33. The van der Waals surface area contributed by atoms with E-state index in [0.29, 0.717) is 12.4 Å². The van der Waals surface area contributed by atoms with Gasteiger partial charge in [0.2, 0.25) is 0 Å². The molecule has 0 fully saturated rings. The molecule has 2 aromatic rings. The number of benzene rings is 1. The van der Waals surface area contributed by atoms with Gasteiger partial charge in [-0.2, -0.15) is 0 Å². The lowest BCUT2D eigenvalue weighted by atomic mass is 10.1. The Labute approximate surface area is 128 Å². The zero-order valence-corrected chi connectivity index (χ0v) is 13.0. The molecule has 0 saturated carbocycles. The Kier molecular flexibility index (Phi) is 5.16. The van der Waals surface area contributed by atoms with E-state index in [1.54, 1.807) is 21.0 Å². The summed E-state index contributed by atoms with van der Waals surface area (Å²) in [5.41, 5.74) is 0.262. The van der Waals surface area contributed by atoms with E-state index in [-0.39, 0.29) is 17.6 Å². The van der Waals surface area contributed by atoms with Crippen molar-refractivity contribution in [3.05, 3.63) is 62.8 Å². The second-order valence-corrected chi connectivity index (χ2v) is 5.35. The van der Waals surface area contributed by atoms with E-state index in [9.17, 15) is 9.59 Å². The highest BCUT2D eigenvalue weighted by atomic mass is 16.5. The van der Waals surface area contributed by atoms with Gasteiger partial charge in [0.1, 0.15) is 5.82 Å². The molecule has 0 saturated heterocycles. The van der Waals surface area contributed by atoms with Gasteiger partial charge in [-0.3, -0.25) is 14.3 Å². The summed E-state index contributed by atoms with van der Waals surface area (Å²) in [5.74, 6) is 0.387. The van der Waals surface area contributed by atoms with Crippen LogP contribution >= 0.6 is 0 Å². The molecule has 0 aliphatic carbocycles. The van der Waals surface area contributed by atoms with Crippen LogP contribution in [0.25, 0.3) is 0 Å². The zero-order chi connectivity index (χ0) is 16.1. The van der Waals surface area contributed by atoms with Crippen molar-refractivity contribution in [3.63, 3.8) is 0 Å². The molecule has 1 heterocycles. The van der Waals surface area contributed by atoms with Crippen LogP contribution in [-0.2, 0) is 4.74 Å². The van der Waals surface area contributed by atoms with Gasteiger partial charge in [-0.15, -0.1) is 0 Å². The van der Waals surface area contributed by atoms with E-state index in [0.717, 1.165) is 5.56 Å². The van der Waals surface area contributed by atoms with Crippen LogP contribution in [0.15, 0.2) is 46.0 Å². The monoisotopic (exact) mass is 303 g/mol. The Bertz CT molecular complexity index is 688. The SMILES string of the molecule is COCC(Nc1cc(=O)n(C(C)C)c(=O)[nH]1)c1ccccc1. The lowest BCUT2D eigenvalue weighted by molar-refractivity contribution is 0.186. The first kappa shape index (κ1) is 16.0. The molecule has 22 heavy (non-hydrogen) atoms. The maximum atomic E-state index is 12.0. The Hall–Kier alpha value is -2.34. The van der Waals surface area contributed by atoms with E-state index >= 15 is 0 Å². The summed E-state index contributed by atoms with van der Waals surface area (Å²) in [5, 5.41) is 3.15. The van der Waals surface area contributed by atoms with Crippen LogP contribution in [0.2, 0.25) is 0 Å². The van der Waals surface area contributed by atoms with Crippen molar-refractivity contribution in [1.29, 1.82) is 0 Å². The van der Waals surface area contributed by atoms with Crippen molar-refractivity contribution in [2.75, 3.05) is 19.0 Å². The third-order valence-corrected chi connectivity index (χ3v) is 3.35. The average Bonchev–Trinajstić information content (AvgIpc) is 2.46. The molecule has 6 nitrogen and oxygen atoms in total. The summed E-state index contributed by atoms with van der Waals surface area (Å²) in [6.45, 7) is 4.00. The van der Waals surface area contributed by atoms with E-state index in [2.05, 4.69) is 10.3 Å². The number of H-pyrrole nitrogens is 1. The fourth-order valence-corrected chi connectivity index (χ4v) is 2.33. The van der Waals surface area contributed by atoms with Crippen LogP contribution in [0.5, 0.6) is 0 Å². The zero-order valence-electron chi connectivity index (χ0n) is 13.0. The molecule has 1 unspecified atom stereocenters. The quantitative estimate of drug-likeness (QED) is 0.855. The van der Waals surface area contributed by atoms with Crippen molar-refractivity contribution in [2.24, 2.45) is 0 Å². The Morgan fingerprint density at radius 1 is 1.23 bits per heavy atom. The van der Waals surface area contributed by atoms with Crippen LogP contribution < -0.4 is 16.6 Å². The van der Waals surface area contributed by atoms with Gasteiger partial charge in [-0.1, -0.05) is 30.3 Å². The highest BCUT2D eigenvalue weighted by Crippen LogP contribution is 2.17. The normalized spacial score (nSPS) is 12.4. The van der Waals surface area contributed by atoms with Crippen molar-refractivity contribution >= 4 is 5.82 Å². The summed E-state index contributed by atoms with van der Waals surface area (Å²) >= 11 is 0. The summed E-state index contributed by atoms with van der Waals surface area (Å²) in [4.78, 5) is 26.8. The molecule has 0 bridgehead atoms. The van der Waals surface area contributed by atoms with Gasteiger partial charge >= 0.3 is 5.69 Å². The number of hydrogen-bond donors (Lipinski definition) is 2. The molecule has 1 aromatic heterocycles. The summed E-state index contributed by atoms with van der Waals surface area (Å²) in [6, 6.07) is 10.8. The lowest BCUT2D eigenvalue weighted by Crippen LogP contribution is -2.36. The average molecular weight is 303 g/mol. The van der Waals surface area contributed by atoms with E-state index in [4.69, 9.17) is 4.74 Å². The van der Waals surface area contributed by atoms with Crippen LogP contribution in [0, 0.1) is 0 Å². The predicted molar refractivity (Wildman–Crippen MR) is 86.4 cm³/mol. The second kappa shape index (κ2) is 7.09. The van der Waals surface area contributed by atoms with Crippen LogP contribution in [0.1, 0.15) is 31.5 Å². The van der Waals surface area contributed by atoms with Gasteiger partial charge in [0.25, 0.3) is 5.56 Å². The molecule has 1 atom stereocenters. The molecule has 0 amide bonds. The first-order valence-corrected chi connectivity index (χ1v) is 7.19. The van der Waals surface area contributed by atoms with Gasteiger partial charge in [0, 0.05) is 19.2 Å². The smallest absolute Gasteiger partial charge is 0.330 e. The molecule has 0 aliphatic rings. The van der Waals surface area contributed by atoms with Crippen LogP contribution in [0.4, 0.5) is 5.82 Å². The van der Waals surface area contributed by atoms with Gasteiger partial charge in [0.15, 0.2) is 0 Å². The molecular formula is C16H21N3O3. The van der Waals surface area contributed by atoms with Gasteiger partial charge in [-0.25, -0.2) is 4.79 Å². The summed E-state index contributed by atoms with van der Waals surface area (Å²) < 4.78 is 6.39. The van der Waals surface area contributed by atoms with Crippen LogP contribution in [-0.4, -0.2) is 23.3 Å². The number of nitrogens with zero attached hydrogens (tertiary/aromatic N) is 1. The molecule has 0 spiro atoms. The number of anilines is 1. The van der Waals surface area contributed by atoms with Crippen molar-refractivity contribution < 1.29 is 4.74 Å². The molecular weight excluding hydrogens is 282 g/mol. The maximum Gasteiger partial charge on any atom is 0.330 e. The second-order valence-electron chi connectivity index (χ2n) is 5.35. The topological polar surface area (TPSA) is 76.1 Å². The highest BCUT2D eigenvalue weighted by molar-refractivity contribution is 5.37. The molecule has 118 valence electrons.